The molecule has 2 aromatic rings. The normalized spacial score (nSPS) is 15.3. The third kappa shape index (κ3) is 6.48. The van der Waals surface area contributed by atoms with E-state index in [9.17, 15) is 23.1 Å². The van der Waals surface area contributed by atoms with Gasteiger partial charge in [0.2, 0.25) is 10.0 Å². The van der Waals surface area contributed by atoms with E-state index in [1.54, 1.807) is 12.1 Å². The van der Waals surface area contributed by atoms with E-state index in [1.807, 2.05) is 30.9 Å². The van der Waals surface area contributed by atoms with Crippen LogP contribution in [-0.4, -0.2) is 51.8 Å². The highest BCUT2D eigenvalue weighted by atomic mass is 32.2. The zero-order valence-electron chi connectivity index (χ0n) is 19.6. The van der Waals surface area contributed by atoms with Gasteiger partial charge in [0.1, 0.15) is 11.9 Å². The lowest BCUT2D eigenvalue weighted by molar-refractivity contribution is 0.0994. The molecule has 1 aliphatic carbocycles. The summed E-state index contributed by atoms with van der Waals surface area (Å²) in [5.74, 6) is -0.122. The molecule has 0 aliphatic heterocycles. The van der Waals surface area contributed by atoms with Crippen molar-refractivity contribution in [1.82, 2.24) is 4.72 Å². The van der Waals surface area contributed by atoms with Crippen LogP contribution in [0.15, 0.2) is 30.3 Å². The summed E-state index contributed by atoms with van der Waals surface area (Å²) >= 11 is 0. The Hall–Kier alpha value is -3.11. The number of aryl methyl sites for hydroxylation is 2. The third-order valence-corrected chi connectivity index (χ3v) is 6.59. The number of carbonyl (C=O) groups excluding carboxylic acids is 2. The molecule has 0 heterocycles. The van der Waals surface area contributed by atoms with Crippen molar-refractivity contribution < 1.29 is 27.9 Å². The lowest BCUT2D eigenvalue weighted by atomic mass is 9.88. The average molecular weight is 490 g/mol. The van der Waals surface area contributed by atoms with Gasteiger partial charge in [0.05, 0.1) is 11.8 Å². The number of likely N-dealkylation sites (N-methyl/N-ethyl adjacent to an activating group) is 1. The van der Waals surface area contributed by atoms with E-state index in [-0.39, 0.29) is 11.3 Å². The number of hydrogen-bond donors (Lipinski definition) is 3. The molecule has 9 nitrogen and oxygen atoms in total. The Bertz CT molecular complexity index is 1170. The number of fused-ring (bicyclic) bond motifs is 1. The molecule has 184 valence electrons. The number of phenolic OH excluding ortho intramolecular Hbond substituents is 1. The summed E-state index contributed by atoms with van der Waals surface area (Å²) in [6.45, 7) is 5.36. The predicted molar refractivity (Wildman–Crippen MR) is 131 cm³/mol. The second-order valence-electron chi connectivity index (χ2n) is 8.38. The summed E-state index contributed by atoms with van der Waals surface area (Å²) in [6, 6.07) is 8.73. The van der Waals surface area contributed by atoms with Gasteiger partial charge in [0.15, 0.2) is 6.29 Å². The zero-order chi connectivity index (χ0) is 24.9. The van der Waals surface area contributed by atoms with Crippen molar-refractivity contribution in [3.05, 3.63) is 52.6 Å². The van der Waals surface area contributed by atoms with Gasteiger partial charge in [-0.3, -0.25) is 10.1 Å². The van der Waals surface area contributed by atoms with Crippen molar-refractivity contribution in [1.29, 1.82) is 0 Å². The van der Waals surface area contributed by atoms with E-state index < -0.39 is 22.2 Å². The molecule has 3 N–H and O–H groups in total. The second-order valence-corrected chi connectivity index (χ2v) is 10.2. The summed E-state index contributed by atoms with van der Waals surface area (Å²) in [5, 5.41) is 12.8. The van der Waals surface area contributed by atoms with Crippen LogP contribution in [-0.2, 0) is 21.2 Å². The van der Waals surface area contributed by atoms with Gasteiger partial charge in [0.25, 0.3) is 0 Å². The van der Waals surface area contributed by atoms with Crippen LogP contribution < -0.4 is 14.9 Å². The highest BCUT2D eigenvalue weighted by molar-refractivity contribution is 7.88. The van der Waals surface area contributed by atoms with Gasteiger partial charge >= 0.3 is 6.09 Å². The number of phenols is 1. The topological polar surface area (TPSA) is 125 Å². The summed E-state index contributed by atoms with van der Waals surface area (Å²) in [4.78, 5) is 25.8. The van der Waals surface area contributed by atoms with E-state index >= 15 is 0 Å². The van der Waals surface area contributed by atoms with E-state index in [4.69, 9.17) is 4.74 Å². The molecule has 10 heteroatoms. The fourth-order valence-electron chi connectivity index (χ4n) is 4.12. The second kappa shape index (κ2) is 10.9. The van der Waals surface area contributed by atoms with Crippen LogP contribution in [0.3, 0.4) is 0 Å². The minimum atomic E-state index is -3.24. The third-order valence-electron chi connectivity index (χ3n) is 5.86. The number of benzene rings is 2. The van der Waals surface area contributed by atoms with Gasteiger partial charge in [-0.05, 0) is 80.1 Å². The molecular weight excluding hydrogens is 458 g/mol. The molecule has 0 spiro atoms. The van der Waals surface area contributed by atoms with Crippen LogP contribution in [0.2, 0.25) is 0 Å². The number of aromatic hydroxyl groups is 1. The molecule has 0 saturated carbocycles. The quantitative estimate of drug-likeness (QED) is 0.460. The number of hydrogen-bond acceptors (Lipinski definition) is 7. The largest absolute Gasteiger partial charge is 0.507 e. The van der Waals surface area contributed by atoms with Crippen molar-refractivity contribution >= 4 is 33.8 Å². The lowest BCUT2D eigenvalue weighted by Gasteiger charge is -2.26. The molecule has 1 amide bonds. The zero-order valence-corrected chi connectivity index (χ0v) is 20.4. The molecule has 1 unspecified atom stereocenters. The van der Waals surface area contributed by atoms with Gasteiger partial charge in [-0.2, -0.15) is 0 Å². The SMILES string of the molecule is CCN(CCNS(C)(=O)=O)c1ccc(NC(=O)OC2CCCc3cc(C=O)c(O)cc32)c(C)c1. The first-order valence-corrected chi connectivity index (χ1v) is 13.1. The molecule has 34 heavy (non-hydrogen) atoms. The van der Waals surface area contributed by atoms with Crippen LogP contribution in [0.25, 0.3) is 0 Å². The van der Waals surface area contributed by atoms with Gasteiger partial charge in [-0.1, -0.05) is 0 Å². The Morgan fingerprint density at radius 2 is 2.06 bits per heavy atom. The summed E-state index contributed by atoms with van der Waals surface area (Å²) < 4.78 is 30.7. The maximum Gasteiger partial charge on any atom is 0.412 e. The van der Waals surface area contributed by atoms with E-state index in [2.05, 4.69) is 10.0 Å². The molecule has 3 rings (SSSR count). The standard InChI is InChI=1S/C24H31N3O6S/c1-4-27(11-10-25-34(3,31)32)19-8-9-21(16(2)12-19)26-24(30)33-23-7-5-6-17-13-18(15-28)22(29)14-20(17)23/h8-9,12-15,23,25,29H,4-7,10-11H2,1-3H3,(H,26,30). The van der Waals surface area contributed by atoms with Crippen molar-refractivity contribution in [3.8, 4) is 5.75 Å². The first-order valence-electron chi connectivity index (χ1n) is 11.2. The Morgan fingerprint density at radius 1 is 1.29 bits per heavy atom. The molecule has 0 aromatic heterocycles. The van der Waals surface area contributed by atoms with E-state index in [0.29, 0.717) is 38.0 Å². The number of amides is 1. The fourth-order valence-corrected chi connectivity index (χ4v) is 4.59. The Labute approximate surface area is 200 Å². The van der Waals surface area contributed by atoms with Crippen molar-refractivity contribution in [2.45, 2.75) is 39.2 Å². The average Bonchev–Trinajstić information content (AvgIpc) is 2.77. The number of aldehydes is 1. The molecule has 0 fully saturated rings. The first-order chi connectivity index (χ1) is 16.1. The molecular formula is C24H31N3O6S. The number of sulfonamides is 1. The fraction of sp³-hybridized carbons (Fsp3) is 0.417. The molecule has 1 aliphatic rings. The van der Waals surface area contributed by atoms with Gasteiger partial charge in [-0.15, -0.1) is 0 Å². The van der Waals surface area contributed by atoms with Gasteiger partial charge in [-0.25, -0.2) is 17.9 Å². The van der Waals surface area contributed by atoms with Crippen LogP contribution >= 0.6 is 0 Å². The highest BCUT2D eigenvalue weighted by Gasteiger charge is 2.25. The van der Waals surface area contributed by atoms with Crippen LogP contribution in [0, 0.1) is 6.92 Å². The van der Waals surface area contributed by atoms with Crippen LogP contribution in [0.4, 0.5) is 16.2 Å². The van der Waals surface area contributed by atoms with Crippen molar-refractivity contribution in [3.63, 3.8) is 0 Å². The first kappa shape index (κ1) is 25.5. The molecule has 1 atom stereocenters. The molecule has 0 radical (unpaired) electrons. The summed E-state index contributed by atoms with van der Waals surface area (Å²) in [7, 11) is -3.24. The molecule has 0 bridgehead atoms. The minimum absolute atomic E-state index is 0.122. The van der Waals surface area contributed by atoms with Crippen molar-refractivity contribution in [2.75, 3.05) is 36.1 Å². The minimum Gasteiger partial charge on any atom is -0.507 e. The monoisotopic (exact) mass is 489 g/mol. The number of nitrogens with zero attached hydrogens (tertiary/aromatic N) is 1. The Balaban J connectivity index is 1.66. The lowest BCUT2D eigenvalue weighted by Crippen LogP contribution is -2.34. The Kier molecular flexibility index (Phi) is 8.16. The van der Waals surface area contributed by atoms with Crippen LogP contribution in [0.1, 0.15) is 52.9 Å². The molecule has 2 aromatic carbocycles. The van der Waals surface area contributed by atoms with Gasteiger partial charge < -0.3 is 14.7 Å². The maximum absolute atomic E-state index is 12.6. The summed E-state index contributed by atoms with van der Waals surface area (Å²) in [5.41, 5.74) is 4.20. The Morgan fingerprint density at radius 3 is 2.71 bits per heavy atom. The van der Waals surface area contributed by atoms with Crippen molar-refractivity contribution in [2.24, 2.45) is 0 Å². The van der Waals surface area contributed by atoms with Gasteiger partial charge in [0, 0.05) is 31.0 Å². The van der Waals surface area contributed by atoms with E-state index in [1.165, 1.54) is 6.07 Å². The summed E-state index contributed by atoms with van der Waals surface area (Å²) in [6.07, 6.45) is 2.83. The number of carbonyl (C=O) groups is 2. The highest BCUT2D eigenvalue weighted by Crippen LogP contribution is 2.36. The predicted octanol–water partition coefficient (Wildman–Crippen LogP) is 3.51. The molecule has 0 saturated heterocycles. The smallest absolute Gasteiger partial charge is 0.412 e. The number of rotatable bonds is 9. The maximum atomic E-state index is 12.6. The van der Waals surface area contributed by atoms with Crippen LogP contribution in [0.5, 0.6) is 5.75 Å². The van der Waals surface area contributed by atoms with E-state index in [0.717, 1.165) is 41.5 Å². The number of anilines is 2. The number of ether oxygens (including phenoxy) is 1. The number of nitrogens with one attached hydrogen (secondary N) is 2.